The summed E-state index contributed by atoms with van der Waals surface area (Å²) in [7, 11) is 0. The summed E-state index contributed by atoms with van der Waals surface area (Å²) in [4.78, 5) is 10.5. The van der Waals surface area contributed by atoms with Crippen LogP contribution in [-0.4, -0.2) is 23.7 Å². The minimum atomic E-state index is -0.835. The molecule has 80 valence electrons. The zero-order valence-electron chi connectivity index (χ0n) is 8.49. The number of aliphatic carboxylic acids is 1. The summed E-state index contributed by atoms with van der Waals surface area (Å²) < 4.78 is 5.58. The number of carbonyl (C=O) groups is 1. The highest BCUT2D eigenvalue weighted by Gasteiger charge is 2.22. The van der Waals surface area contributed by atoms with E-state index < -0.39 is 5.97 Å². The molecule has 1 aromatic carbocycles. The summed E-state index contributed by atoms with van der Waals surface area (Å²) >= 11 is 0. The van der Waals surface area contributed by atoms with E-state index in [0.717, 1.165) is 17.0 Å². The van der Waals surface area contributed by atoms with Crippen LogP contribution in [0.15, 0.2) is 18.2 Å². The molecule has 0 amide bonds. The highest BCUT2D eigenvalue weighted by atomic mass is 16.5. The van der Waals surface area contributed by atoms with Gasteiger partial charge in [-0.05, 0) is 18.6 Å². The van der Waals surface area contributed by atoms with Gasteiger partial charge in [0.05, 0.1) is 18.7 Å². The van der Waals surface area contributed by atoms with Gasteiger partial charge in [-0.3, -0.25) is 4.79 Å². The number of ether oxygens (including phenoxy) is 1. The van der Waals surface area contributed by atoms with Gasteiger partial charge in [0.25, 0.3) is 0 Å². The molecule has 15 heavy (non-hydrogen) atoms. The minimum Gasteiger partial charge on any atom is -0.486 e. The number of anilines is 1. The van der Waals surface area contributed by atoms with Crippen LogP contribution < -0.4 is 10.1 Å². The van der Waals surface area contributed by atoms with Crippen molar-refractivity contribution in [1.29, 1.82) is 0 Å². The first-order valence-electron chi connectivity index (χ1n) is 4.89. The Balaban J connectivity index is 2.17. The summed E-state index contributed by atoms with van der Waals surface area (Å²) in [6, 6.07) is 5.75. The van der Waals surface area contributed by atoms with Crippen LogP contribution in [0.3, 0.4) is 0 Å². The number of hydrogen-bond acceptors (Lipinski definition) is 3. The highest BCUT2D eigenvalue weighted by Crippen LogP contribution is 2.32. The molecule has 0 aliphatic carbocycles. The summed E-state index contributed by atoms with van der Waals surface area (Å²) in [6.45, 7) is 2.54. The molecule has 2 rings (SSSR count). The monoisotopic (exact) mass is 207 g/mol. The number of aryl methyl sites for hydroxylation is 1. The molecule has 0 bridgehead atoms. The zero-order chi connectivity index (χ0) is 10.8. The molecule has 4 nitrogen and oxygen atoms in total. The molecule has 1 aliphatic heterocycles. The topological polar surface area (TPSA) is 58.6 Å². The van der Waals surface area contributed by atoms with Gasteiger partial charge in [-0.1, -0.05) is 12.1 Å². The lowest BCUT2D eigenvalue weighted by Gasteiger charge is -2.27. The Morgan fingerprint density at radius 2 is 2.47 bits per heavy atom. The Labute approximate surface area is 87.9 Å². The normalized spacial score (nSPS) is 18.6. The van der Waals surface area contributed by atoms with Crippen molar-refractivity contribution in [3.05, 3.63) is 23.8 Å². The summed E-state index contributed by atoms with van der Waals surface area (Å²) in [5.74, 6) is -0.0922. The van der Waals surface area contributed by atoms with Gasteiger partial charge in [0.2, 0.25) is 0 Å². The van der Waals surface area contributed by atoms with E-state index in [1.807, 2.05) is 25.1 Å². The first-order valence-corrected chi connectivity index (χ1v) is 4.89. The van der Waals surface area contributed by atoms with E-state index in [0.29, 0.717) is 6.54 Å². The first kappa shape index (κ1) is 9.83. The van der Waals surface area contributed by atoms with Crippen molar-refractivity contribution < 1.29 is 14.6 Å². The number of carboxylic acids is 1. The van der Waals surface area contributed by atoms with E-state index in [1.54, 1.807) is 0 Å². The van der Waals surface area contributed by atoms with Crippen molar-refractivity contribution in [2.24, 2.45) is 0 Å². The van der Waals surface area contributed by atoms with Crippen LogP contribution in [0.5, 0.6) is 5.75 Å². The highest BCUT2D eigenvalue weighted by molar-refractivity contribution is 5.69. The fraction of sp³-hybridized carbons (Fsp3) is 0.364. The third kappa shape index (κ3) is 2.03. The van der Waals surface area contributed by atoms with Crippen molar-refractivity contribution in [3.63, 3.8) is 0 Å². The lowest BCUT2D eigenvalue weighted by molar-refractivity contribution is -0.138. The molecule has 0 saturated carbocycles. The van der Waals surface area contributed by atoms with Crippen molar-refractivity contribution in [3.8, 4) is 5.75 Å². The largest absolute Gasteiger partial charge is 0.486 e. The maximum atomic E-state index is 10.5. The maximum Gasteiger partial charge on any atom is 0.307 e. The van der Waals surface area contributed by atoms with Crippen molar-refractivity contribution in [2.45, 2.75) is 19.4 Å². The lowest BCUT2D eigenvalue weighted by atomic mass is 10.1. The Kier molecular flexibility index (Phi) is 2.49. The number of hydrogen-bond donors (Lipinski definition) is 2. The van der Waals surface area contributed by atoms with Crippen molar-refractivity contribution in [2.75, 3.05) is 11.9 Å². The van der Waals surface area contributed by atoms with E-state index in [-0.39, 0.29) is 12.5 Å². The van der Waals surface area contributed by atoms with Gasteiger partial charge in [-0.15, -0.1) is 0 Å². The van der Waals surface area contributed by atoms with Crippen LogP contribution in [-0.2, 0) is 4.79 Å². The van der Waals surface area contributed by atoms with Crippen LogP contribution in [0.1, 0.15) is 12.0 Å². The molecule has 1 heterocycles. The van der Waals surface area contributed by atoms with Gasteiger partial charge in [0, 0.05) is 0 Å². The number of para-hydroxylation sites is 1. The second-order valence-corrected chi connectivity index (χ2v) is 3.67. The molecule has 1 aromatic rings. The SMILES string of the molecule is Cc1cccc2c1NCC(CC(=O)O)O2. The molecule has 2 N–H and O–H groups in total. The van der Waals surface area contributed by atoms with Gasteiger partial charge >= 0.3 is 5.97 Å². The predicted octanol–water partition coefficient (Wildman–Crippen LogP) is 1.64. The first-order chi connectivity index (χ1) is 7.16. The van der Waals surface area contributed by atoms with E-state index in [9.17, 15) is 4.79 Å². The van der Waals surface area contributed by atoms with Crippen molar-refractivity contribution >= 4 is 11.7 Å². The molecule has 0 spiro atoms. The van der Waals surface area contributed by atoms with Gasteiger partial charge in [-0.2, -0.15) is 0 Å². The van der Waals surface area contributed by atoms with E-state index in [2.05, 4.69) is 5.32 Å². The lowest BCUT2D eigenvalue weighted by Crippen LogP contribution is -2.33. The molecule has 0 saturated heterocycles. The van der Waals surface area contributed by atoms with Crippen LogP contribution in [0.25, 0.3) is 0 Å². The molecule has 4 heteroatoms. The molecular weight excluding hydrogens is 194 g/mol. The molecule has 0 radical (unpaired) electrons. The smallest absolute Gasteiger partial charge is 0.307 e. The van der Waals surface area contributed by atoms with Gasteiger partial charge in [-0.25, -0.2) is 0 Å². The second kappa shape index (κ2) is 3.81. The number of carboxylic acid groups (broad SMARTS) is 1. The number of fused-ring (bicyclic) bond motifs is 1. The quantitative estimate of drug-likeness (QED) is 0.774. The van der Waals surface area contributed by atoms with Crippen LogP contribution in [0, 0.1) is 6.92 Å². The van der Waals surface area contributed by atoms with E-state index in [4.69, 9.17) is 9.84 Å². The molecule has 1 unspecified atom stereocenters. The fourth-order valence-electron chi connectivity index (χ4n) is 1.71. The van der Waals surface area contributed by atoms with Gasteiger partial charge < -0.3 is 15.2 Å². The summed E-state index contributed by atoms with van der Waals surface area (Å²) in [5, 5.41) is 11.9. The summed E-state index contributed by atoms with van der Waals surface area (Å²) in [5.41, 5.74) is 2.08. The van der Waals surface area contributed by atoms with Crippen LogP contribution in [0.4, 0.5) is 5.69 Å². The predicted molar refractivity (Wildman–Crippen MR) is 56.3 cm³/mol. The van der Waals surface area contributed by atoms with Crippen LogP contribution in [0.2, 0.25) is 0 Å². The molecule has 1 atom stereocenters. The van der Waals surface area contributed by atoms with Crippen LogP contribution >= 0.6 is 0 Å². The Hall–Kier alpha value is -1.71. The average molecular weight is 207 g/mol. The van der Waals surface area contributed by atoms with Gasteiger partial charge in [0.1, 0.15) is 11.9 Å². The van der Waals surface area contributed by atoms with E-state index in [1.165, 1.54) is 0 Å². The standard InChI is InChI=1S/C11H13NO3/c1-7-3-2-4-9-11(7)12-6-8(15-9)5-10(13)14/h2-4,8,12H,5-6H2,1H3,(H,13,14). The third-order valence-electron chi connectivity index (χ3n) is 2.44. The summed E-state index contributed by atoms with van der Waals surface area (Å²) in [6.07, 6.45) is -0.253. The van der Waals surface area contributed by atoms with E-state index >= 15 is 0 Å². The number of rotatable bonds is 2. The second-order valence-electron chi connectivity index (χ2n) is 3.67. The maximum absolute atomic E-state index is 10.5. The number of benzene rings is 1. The zero-order valence-corrected chi connectivity index (χ0v) is 8.49. The molecule has 0 aromatic heterocycles. The molecular formula is C11H13NO3. The molecule has 1 aliphatic rings. The Bertz CT molecular complexity index is 389. The molecule has 0 fully saturated rings. The van der Waals surface area contributed by atoms with Gasteiger partial charge in [0.15, 0.2) is 0 Å². The fourth-order valence-corrected chi connectivity index (χ4v) is 1.71. The number of nitrogens with one attached hydrogen (secondary N) is 1. The third-order valence-corrected chi connectivity index (χ3v) is 2.44. The minimum absolute atomic E-state index is 0.0282. The Morgan fingerprint density at radius 3 is 3.20 bits per heavy atom. The van der Waals surface area contributed by atoms with Crippen molar-refractivity contribution in [1.82, 2.24) is 0 Å². The average Bonchev–Trinajstić information content (AvgIpc) is 2.17. The Morgan fingerprint density at radius 1 is 1.67 bits per heavy atom.